The predicted molar refractivity (Wildman–Crippen MR) is 104 cm³/mol. The monoisotopic (exact) mass is 408 g/mol. The Kier molecular flexibility index (Phi) is 5.53. The smallest absolute Gasteiger partial charge is 0.258 e. The molecule has 9 heteroatoms. The maximum atomic E-state index is 13.1. The Balaban J connectivity index is 0.00000210. The fraction of sp³-hybridized carbons (Fsp3) is 0.333. The summed E-state index contributed by atoms with van der Waals surface area (Å²) in [4.78, 5) is 4.26. The molecule has 0 saturated carbocycles. The Labute approximate surface area is 164 Å². The van der Waals surface area contributed by atoms with Crippen LogP contribution in [0.4, 0.5) is 0 Å². The first-order valence-electron chi connectivity index (χ1n) is 8.55. The highest BCUT2D eigenvalue weighted by molar-refractivity contribution is 7.89. The second-order valence-electron chi connectivity index (χ2n) is 6.51. The molecule has 3 aromatic rings. The van der Waals surface area contributed by atoms with Gasteiger partial charge in [-0.1, -0.05) is 42.4 Å². The quantitative estimate of drug-likeness (QED) is 0.710. The number of sulfonamides is 1. The molecule has 1 aromatic carbocycles. The number of aromatic nitrogens is 2. The number of fused-ring (bicyclic) bond motifs is 1. The van der Waals surface area contributed by atoms with E-state index in [2.05, 4.69) is 10.1 Å². The number of nitrogens with zero attached hydrogens (tertiary/aromatic N) is 3. The van der Waals surface area contributed by atoms with E-state index in [1.807, 2.05) is 37.3 Å². The van der Waals surface area contributed by atoms with Crippen LogP contribution in [-0.4, -0.2) is 42.0 Å². The molecule has 27 heavy (non-hydrogen) atoms. The summed E-state index contributed by atoms with van der Waals surface area (Å²) in [5.41, 5.74) is 8.35. The molecule has 0 aliphatic carbocycles. The molecule has 1 aliphatic heterocycles. The average molecular weight is 409 g/mol. The summed E-state index contributed by atoms with van der Waals surface area (Å²) in [6.07, 6.45) is 1.96. The fourth-order valence-corrected chi connectivity index (χ4v) is 4.92. The molecule has 0 spiro atoms. The first-order chi connectivity index (χ1) is 12.5. The van der Waals surface area contributed by atoms with E-state index < -0.39 is 10.0 Å². The van der Waals surface area contributed by atoms with Crippen LogP contribution in [0.1, 0.15) is 24.1 Å². The van der Waals surface area contributed by atoms with Crippen molar-refractivity contribution >= 4 is 33.5 Å². The lowest BCUT2D eigenvalue weighted by molar-refractivity contribution is 0.439. The zero-order valence-electron chi connectivity index (χ0n) is 14.8. The van der Waals surface area contributed by atoms with Gasteiger partial charge in [0.15, 0.2) is 0 Å². The van der Waals surface area contributed by atoms with Crippen LogP contribution >= 0.6 is 12.4 Å². The number of hydrogen-bond donors (Lipinski definition) is 1. The van der Waals surface area contributed by atoms with Crippen LogP contribution < -0.4 is 5.73 Å². The van der Waals surface area contributed by atoms with Crippen LogP contribution in [0.15, 0.2) is 52.0 Å². The zero-order chi connectivity index (χ0) is 18.3. The third-order valence-electron chi connectivity index (χ3n) is 4.91. The normalized spacial score (nSPS) is 20.7. The summed E-state index contributed by atoms with van der Waals surface area (Å²) in [7, 11) is -3.69. The average Bonchev–Trinajstić information content (AvgIpc) is 3.25. The van der Waals surface area contributed by atoms with Gasteiger partial charge in [0.05, 0.1) is 17.3 Å². The Hall–Kier alpha value is -2.00. The Morgan fingerprint density at radius 1 is 1.26 bits per heavy atom. The van der Waals surface area contributed by atoms with Gasteiger partial charge in [0.2, 0.25) is 10.0 Å². The molecule has 1 fully saturated rings. The lowest BCUT2D eigenvalue weighted by Gasteiger charge is -2.16. The minimum Gasteiger partial charge on any atom is -0.336 e. The van der Waals surface area contributed by atoms with Crippen molar-refractivity contribution in [2.75, 3.05) is 13.1 Å². The van der Waals surface area contributed by atoms with Crippen molar-refractivity contribution in [2.24, 2.45) is 5.73 Å². The summed E-state index contributed by atoms with van der Waals surface area (Å²) in [5, 5.41) is 4.57. The van der Waals surface area contributed by atoms with Gasteiger partial charge in [-0.2, -0.15) is 4.31 Å². The zero-order valence-corrected chi connectivity index (χ0v) is 16.4. The Bertz CT molecular complexity index is 1040. The molecule has 0 radical (unpaired) electrons. The molecule has 0 unspecified atom stereocenters. The molecular weight excluding hydrogens is 388 g/mol. The summed E-state index contributed by atoms with van der Waals surface area (Å²) < 4.78 is 32.8. The highest BCUT2D eigenvalue weighted by Crippen LogP contribution is 2.31. The third kappa shape index (κ3) is 3.45. The van der Waals surface area contributed by atoms with Crippen LogP contribution in [0, 0.1) is 0 Å². The van der Waals surface area contributed by atoms with Gasteiger partial charge in [-0.3, -0.25) is 0 Å². The highest BCUT2D eigenvalue weighted by atomic mass is 35.5. The van der Waals surface area contributed by atoms with Crippen molar-refractivity contribution in [1.82, 2.24) is 14.4 Å². The largest absolute Gasteiger partial charge is 0.336 e. The van der Waals surface area contributed by atoms with E-state index in [1.165, 1.54) is 10.5 Å². The number of nitrogens with two attached hydrogens (primary N) is 1. The van der Waals surface area contributed by atoms with Crippen LogP contribution in [0.25, 0.3) is 11.1 Å². The number of benzene rings is 1. The summed E-state index contributed by atoms with van der Waals surface area (Å²) >= 11 is 0. The van der Waals surface area contributed by atoms with E-state index in [9.17, 15) is 8.42 Å². The van der Waals surface area contributed by atoms with Crippen molar-refractivity contribution in [3.05, 3.63) is 53.9 Å². The van der Waals surface area contributed by atoms with E-state index in [0.29, 0.717) is 29.8 Å². The number of rotatable bonds is 4. The minimum absolute atomic E-state index is 0. The second-order valence-corrected chi connectivity index (χ2v) is 8.45. The van der Waals surface area contributed by atoms with Gasteiger partial charge in [-0.05, 0) is 18.1 Å². The topological polar surface area (TPSA) is 102 Å². The maximum Gasteiger partial charge on any atom is 0.258 e. The maximum absolute atomic E-state index is 13.1. The standard InChI is InChI=1S/C18H20N4O3S.ClH/c1-2-17-14-8-13(9-20-18(14)25-21-17)26(23,24)22-10-15(16(19)11-22)12-6-4-3-5-7-12;/h3-9,15-16H,2,10-11,19H2,1H3;1H/t15-,16+;/m0./s1. The van der Waals surface area contributed by atoms with Gasteiger partial charge in [-0.15, -0.1) is 12.4 Å². The molecule has 4 rings (SSSR count). The summed E-state index contributed by atoms with van der Waals surface area (Å²) in [6, 6.07) is 11.1. The molecule has 3 heterocycles. The van der Waals surface area contributed by atoms with Gasteiger partial charge < -0.3 is 10.3 Å². The van der Waals surface area contributed by atoms with Crippen molar-refractivity contribution in [2.45, 2.75) is 30.2 Å². The van der Waals surface area contributed by atoms with E-state index in [4.69, 9.17) is 10.3 Å². The van der Waals surface area contributed by atoms with E-state index in [-0.39, 0.29) is 35.8 Å². The van der Waals surface area contributed by atoms with Crippen LogP contribution in [0.5, 0.6) is 0 Å². The molecule has 2 N–H and O–H groups in total. The highest BCUT2D eigenvalue weighted by Gasteiger charge is 2.38. The molecule has 2 atom stereocenters. The lowest BCUT2D eigenvalue weighted by Crippen LogP contribution is -2.32. The summed E-state index contributed by atoms with van der Waals surface area (Å²) in [6.45, 7) is 2.57. The predicted octanol–water partition coefficient (Wildman–Crippen LogP) is 2.32. The van der Waals surface area contributed by atoms with Crippen molar-refractivity contribution in [3.63, 3.8) is 0 Å². The molecule has 0 bridgehead atoms. The fourth-order valence-electron chi connectivity index (χ4n) is 3.45. The molecule has 7 nitrogen and oxygen atoms in total. The van der Waals surface area contributed by atoms with E-state index in [0.717, 1.165) is 5.56 Å². The Morgan fingerprint density at radius 3 is 2.70 bits per heavy atom. The van der Waals surface area contributed by atoms with E-state index in [1.54, 1.807) is 6.07 Å². The van der Waals surface area contributed by atoms with Gasteiger partial charge in [0.25, 0.3) is 5.71 Å². The summed E-state index contributed by atoms with van der Waals surface area (Å²) in [5.74, 6) is -0.0236. The molecule has 2 aromatic heterocycles. The van der Waals surface area contributed by atoms with Crippen LogP contribution in [0.2, 0.25) is 0 Å². The SMILES string of the molecule is CCc1noc2ncc(S(=O)(=O)N3C[C@@H](N)[C@H](c4ccccc4)C3)cc12.Cl. The first-order valence-corrected chi connectivity index (χ1v) is 9.99. The number of aryl methyl sites for hydroxylation is 1. The third-order valence-corrected chi connectivity index (χ3v) is 6.71. The first kappa shape index (κ1) is 19.8. The van der Waals surface area contributed by atoms with Crippen molar-refractivity contribution < 1.29 is 12.9 Å². The van der Waals surface area contributed by atoms with Gasteiger partial charge in [0.1, 0.15) is 4.90 Å². The molecule has 1 saturated heterocycles. The van der Waals surface area contributed by atoms with Gasteiger partial charge in [-0.25, -0.2) is 13.4 Å². The molecular formula is C18H21ClN4O3S. The van der Waals surface area contributed by atoms with Crippen LogP contribution in [0.3, 0.4) is 0 Å². The van der Waals surface area contributed by atoms with Gasteiger partial charge in [0, 0.05) is 25.0 Å². The van der Waals surface area contributed by atoms with Crippen molar-refractivity contribution in [3.8, 4) is 0 Å². The minimum atomic E-state index is -3.69. The van der Waals surface area contributed by atoms with E-state index >= 15 is 0 Å². The van der Waals surface area contributed by atoms with Gasteiger partial charge >= 0.3 is 0 Å². The lowest BCUT2D eigenvalue weighted by atomic mass is 9.95. The number of halogens is 1. The van der Waals surface area contributed by atoms with Crippen LogP contribution in [-0.2, 0) is 16.4 Å². The molecule has 144 valence electrons. The molecule has 1 aliphatic rings. The second kappa shape index (κ2) is 7.55. The molecule has 0 amide bonds. The Morgan fingerprint density at radius 2 is 2.00 bits per heavy atom. The van der Waals surface area contributed by atoms with Crippen molar-refractivity contribution in [1.29, 1.82) is 0 Å². The number of hydrogen-bond acceptors (Lipinski definition) is 6. The number of pyridine rings is 1.